The van der Waals surface area contributed by atoms with E-state index in [-0.39, 0.29) is 0 Å². The Morgan fingerprint density at radius 2 is 1.89 bits per heavy atom. The number of benzene rings is 1. The molecule has 4 nitrogen and oxygen atoms in total. The molecule has 0 saturated heterocycles. The zero-order valence-electron chi connectivity index (χ0n) is 10.4. The minimum Gasteiger partial charge on any atom is -0.378 e. The van der Waals surface area contributed by atoms with Gasteiger partial charge in [0.1, 0.15) is 5.82 Å². The number of aryl methyl sites for hydroxylation is 1. The van der Waals surface area contributed by atoms with E-state index in [4.69, 9.17) is 11.6 Å². The van der Waals surface area contributed by atoms with Crippen molar-refractivity contribution in [2.45, 2.75) is 13.5 Å². The molecule has 0 aliphatic carbocycles. The number of aromatic amines is 1. The molecule has 1 aromatic carbocycles. The summed E-state index contributed by atoms with van der Waals surface area (Å²) in [4.78, 5) is 12.1. The van der Waals surface area contributed by atoms with E-state index in [9.17, 15) is 0 Å². The van der Waals surface area contributed by atoms with Crippen LogP contribution in [-0.4, -0.2) is 15.0 Å². The van der Waals surface area contributed by atoms with E-state index in [0.717, 1.165) is 33.4 Å². The molecule has 0 atom stereocenters. The molecular weight excluding hydrogens is 260 g/mol. The number of hydrogen-bond donors (Lipinski definition) is 2. The largest absolute Gasteiger partial charge is 0.378 e. The molecule has 0 bridgehead atoms. The summed E-state index contributed by atoms with van der Waals surface area (Å²) in [6.07, 6.45) is 0. The Morgan fingerprint density at radius 3 is 2.68 bits per heavy atom. The van der Waals surface area contributed by atoms with Gasteiger partial charge in [0, 0.05) is 16.4 Å². The molecule has 0 fully saturated rings. The van der Waals surface area contributed by atoms with Crippen molar-refractivity contribution in [1.29, 1.82) is 0 Å². The summed E-state index contributed by atoms with van der Waals surface area (Å²) >= 11 is 5.84. The Hall–Kier alpha value is -2.07. The highest BCUT2D eigenvalue weighted by Gasteiger charge is 2.03. The minimum atomic E-state index is 0.622. The number of imidazole rings is 1. The lowest BCUT2D eigenvalue weighted by Crippen LogP contribution is -2.00. The lowest BCUT2D eigenvalue weighted by molar-refractivity contribution is 1.01. The predicted molar refractivity (Wildman–Crippen MR) is 77.4 cm³/mol. The zero-order chi connectivity index (χ0) is 13.2. The summed E-state index contributed by atoms with van der Waals surface area (Å²) in [5.41, 5.74) is 3.69. The Bertz CT molecular complexity index is 703. The number of aromatic nitrogens is 3. The first-order chi connectivity index (χ1) is 9.20. The van der Waals surface area contributed by atoms with Crippen LogP contribution in [0.25, 0.3) is 11.2 Å². The van der Waals surface area contributed by atoms with Gasteiger partial charge >= 0.3 is 0 Å². The highest BCUT2D eigenvalue weighted by molar-refractivity contribution is 6.30. The maximum absolute atomic E-state index is 5.84. The molecule has 0 aliphatic rings. The van der Waals surface area contributed by atoms with Gasteiger partial charge in [-0.15, -0.1) is 0 Å². The summed E-state index contributed by atoms with van der Waals surface area (Å²) in [7, 11) is 0. The minimum absolute atomic E-state index is 0.622. The van der Waals surface area contributed by atoms with Crippen LogP contribution in [0.4, 0.5) is 5.69 Å². The first-order valence-corrected chi connectivity index (χ1v) is 6.40. The number of pyridine rings is 1. The number of nitrogens with one attached hydrogen (secondary N) is 2. The quantitative estimate of drug-likeness (QED) is 0.767. The Morgan fingerprint density at radius 1 is 1.11 bits per heavy atom. The van der Waals surface area contributed by atoms with E-state index in [0.29, 0.717) is 6.54 Å². The van der Waals surface area contributed by atoms with Gasteiger partial charge in [0.05, 0.1) is 12.1 Å². The number of H-pyrrole nitrogens is 1. The van der Waals surface area contributed by atoms with E-state index >= 15 is 0 Å². The second-order valence-corrected chi connectivity index (χ2v) is 4.80. The molecule has 3 rings (SSSR count). The molecule has 5 heteroatoms. The third kappa shape index (κ3) is 2.69. The Kier molecular flexibility index (Phi) is 3.09. The van der Waals surface area contributed by atoms with Crippen molar-refractivity contribution < 1.29 is 0 Å². The van der Waals surface area contributed by atoms with Gasteiger partial charge in [-0.2, -0.15) is 0 Å². The van der Waals surface area contributed by atoms with Crippen LogP contribution in [0.5, 0.6) is 0 Å². The van der Waals surface area contributed by atoms with Crippen molar-refractivity contribution in [2.24, 2.45) is 0 Å². The molecule has 2 aromatic heterocycles. The molecule has 0 aliphatic heterocycles. The zero-order valence-corrected chi connectivity index (χ0v) is 11.2. The average molecular weight is 273 g/mol. The van der Waals surface area contributed by atoms with Crippen molar-refractivity contribution in [3.05, 3.63) is 52.9 Å². The third-order valence-corrected chi connectivity index (χ3v) is 3.09. The molecule has 0 saturated carbocycles. The highest BCUT2D eigenvalue weighted by Crippen LogP contribution is 2.15. The lowest BCUT2D eigenvalue weighted by atomic mass is 10.3. The summed E-state index contributed by atoms with van der Waals surface area (Å²) in [5, 5.41) is 4.01. The van der Waals surface area contributed by atoms with Crippen LogP contribution in [0.3, 0.4) is 0 Å². The molecule has 96 valence electrons. The fourth-order valence-corrected chi connectivity index (χ4v) is 2.00. The van der Waals surface area contributed by atoms with E-state index in [1.54, 1.807) is 0 Å². The fraction of sp³-hybridized carbons (Fsp3) is 0.143. The Labute approximate surface area is 115 Å². The SMILES string of the molecule is Cc1ccc2[nH]c(CNc3ccc(Cl)cc3)nc2n1. The standard InChI is InChI=1S/C14H13ClN4/c1-9-2-7-12-14(17-9)19-13(18-12)8-16-11-5-3-10(15)4-6-11/h2-7,16H,8H2,1H3,(H,17,18,19). The molecule has 0 unspecified atom stereocenters. The van der Waals surface area contributed by atoms with Crippen LogP contribution in [0.2, 0.25) is 5.02 Å². The summed E-state index contributed by atoms with van der Waals surface area (Å²) in [6.45, 7) is 2.58. The van der Waals surface area contributed by atoms with Crippen molar-refractivity contribution in [2.75, 3.05) is 5.32 Å². The smallest absolute Gasteiger partial charge is 0.178 e. The number of anilines is 1. The number of rotatable bonds is 3. The number of fused-ring (bicyclic) bond motifs is 1. The van der Waals surface area contributed by atoms with Crippen LogP contribution < -0.4 is 5.32 Å². The van der Waals surface area contributed by atoms with Crippen LogP contribution in [0.1, 0.15) is 11.5 Å². The van der Waals surface area contributed by atoms with E-state index < -0.39 is 0 Å². The molecule has 2 heterocycles. The van der Waals surface area contributed by atoms with Crippen LogP contribution in [0.15, 0.2) is 36.4 Å². The molecular formula is C14H13ClN4. The molecule has 19 heavy (non-hydrogen) atoms. The lowest BCUT2D eigenvalue weighted by Gasteiger charge is -2.03. The summed E-state index contributed by atoms with van der Waals surface area (Å²) in [5.74, 6) is 0.864. The van der Waals surface area contributed by atoms with Crippen LogP contribution in [0, 0.1) is 6.92 Å². The molecule has 0 spiro atoms. The van der Waals surface area contributed by atoms with Gasteiger partial charge in [0.25, 0.3) is 0 Å². The summed E-state index contributed by atoms with van der Waals surface area (Å²) in [6, 6.07) is 11.6. The molecule has 2 N–H and O–H groups in total. The first kappa shape index (κ1) is 12.0. The van der Waals surface area contributed by atoms with Crippen molar-refractivity contribution >= 4 is 28.5 Å². The van der Waals surface area contributed by atoms with Gasteiger partial charge in [-0.1, -0.05) is 11.6 Å². The number of hydrogen-bond acceptors (Lipinski definition) is 3. The number of halogens is 1. The van der Waals surface area contributed by atoms with E-state index in [1.165, 1.54) is 0 Å². The highest BCUT2D eigenvalue weighted by atomic mass is 35.5. The molecule has 0 amide bonds. The van der Waals surface area contributed by atoms with Crippen LogP contribution in [-0.2, 0) is 6.54 Å². The van der Waals surface area contributed by atoms with Gasteiger partial charge in [-0.3, -0.25) is 0 Å². The monoisotopic (exact) mass is 272 g/mol. The first-order valence-electron chi connectivity index (χ1n) is 6.02. The number of nitrogens with zero attached hydrogens (tertiary/aromatic N) is 2. The van der Waals surface area contributed by atoms with Crippen LogP contribution >= 0.6 is 11.6 Å². The average Bonchev–Trinajstić information content (AvgIpc) is 2.80. The maximum atomic E-state index is 5.84. The maximum Gasteiger partial charge on any atom is 0.178 e. The Balaban J connectivity index is 1.76. The van der Waals surface area contributed by atoms with Gasteiger partial charge in [0.2, 0.25) is 0 Å². The van der Waals surface area contributed by atoms with Gasteiger partial charge in [-0.05, 0) is 43.3 Å². The van der Waals surface area contributed by atoms with Crippen molar-refractivity contribution in [3.8, 4) is 0 Å². The normalized spacial score (nSPS) is 10.8. The second-order valence-electron chi connectivity index (χ2n) is 4.37. The molecule has 0 radical (unpaired) electrons. The molecule has 3 aromatic rings. The third-order valence-electron chi connectivity index (χ3n) is 2.84. The second kappa shape index (κ2) is 4.90. The van der Waals surface area contributed by atoms with Gasteiger partial charge < -0.3 is 10.3 Å². The topological polar surface area (TPSA) is 53.6 Å². The van der Waals surface area contributed by atoms with E-state index in [1.807, 2.05) is 43.3 Å². The van der Waals surface area contributed by atoms with Crippen molar-refractivity contribution in [3.63, 3.8) is 0 Å². The van der Waals surface area contributed by atoms with Gasteiger partial charge in [0.15, 0.2) is 5.65 Å². The van der Waals surface area contributed by atoms with E-state index in [2.05, 4.69) is 20.3 Å². The summed E-state index contributed by atoms with van der Waals surface area (Å²) < 4.78 is 0. The van der Waals surface area contributed by atoms with Crippen molar-refractivity contribution in [1.82, 2.24) is 15.0 Å². The predicted octanol–water partition coefficient (Wildman–Crippen LogP) is 3.53. The fourth-order valence-electron chi connectivity index (χ4n) is 1.87. The van der Waals surface area contributed by atoms with Gasteiger partial charge in [-0.25, -0.2) is 9.97 Å².